The topological polar surface area (TPSA) is 0 Å². The molecule has 2 heteroatoms. The number of hydrogen-bond donors (Lipinski definition) is 0. The Labute approximate surface area is 134 Å². The average molecular weight is 315 g/mol. The minimum absolute atomic E-state index is 0.0532. The first kappa shape index (κ1) is 17.9. The van der Waals surface area contributed by atoms with Crippen LogP contribution < -0.4 is 0 Å². The zero-order valence-corrected chi connectivity index (χ0v) is 14.7. The predicted octanol–water partition coefficient (Wildman–Crippen LogP) is 7.38. The fraction of sp³-hybridized carbons (Fsp3) is 0.667. The van der Waals surface area contributed by atoms with Gasteiger partial charge < -0.3 is 0 Å². The van der Waals surface area contributed by atoms with Crippen LogP contribution in [0.2, 0.25) is 5.02 Å². The number of unbranched alkanes of at least 4 members (excludes halogenated alkanes) is 6. The largest absolute Gasteiger partial charge is 0.118 e. The van der Waals surface area contributed by atoms with Crippen LogP contribution in [0.25, 0.3) is 0 Å². The highest BCUT2D eigenvalue weighted by Gasteiger charge is 2.12. The Balaban J connectivity index is 2.32. The maximum absolute atomic E-state index is 6.51. The van der Waals surface area contributed by atoms with Crippen LogP contribution in [0.4, 0.5) is 0 Å². The summed E-state index contributed by atoms with van der Waals surface area (Å²) in [5, 5.41) is 0.869. The standard InChI is InChI=1S/C18H28Cl2/c1-4-5-6-7-8-9-10-11-17(19)16-12-14(2)15(3)13-18(16)20/h12-13,17H,4-11H2,1-3H3. The molecule has 0 aliphatic heterocycles. The lowest BCUT2D eigenvalue weighted by molar-refractivity contribution is 0.572. The minimum atomic E-state index is 0.0532. The first-order valence-corrected chi connectivity index (χ1v) is 8.78. The van der Waals surface area contributed by atoms with Gasteiger partial charge >= 0.3 is 0 Å². The van der Waals surface area contributed by atoms with Crippen molar-refractivity contribution < 1.29 is 0 Å². The molecule has 1 aromatic rings. The molecule has 0 N–H and O–H groups in total. The van der Waals surface area contributed by atoms with Crippen LogP contribution in [0.5, 0.6) is 0 Å². The van der Waals surface area contributed by atoms with Gasteiger partial charge in [0.25, 0.3) is 0 Å². The number of alkyl halides is 1. The van der Waals surface area contributed by atoms with Gasteiger partial charge in [0.05, 0.1) is 5.38 Å². The van der Waals surface area contributed by atoms with Crippen molar-refractivity contribution in [3.8, 4) is 0 Å². The molecular formula is C18H28Cl2. The third kappa shape index (κ3) is 6.06. The lowest BCUT2D eigenvalue weighted by Gasteiger charge is -2.14. The molecule has 0 nitrogen and oxygen atoms in total. The van der Waals surface area contributed by atoms with Crippen molar-refractivity contribution in [2.75, 3.05) is 0 Å². The summed E-state index contributed by atoms with van der Waals surface area (Å²) in [7, 11) is 0. The molecule has 0 saturated heterocycles. The summed E-state index contributed by atoms with van der Waals surface area (Å²) in [5.41, 5.74) is 3.61. The van der Waals surface area contributed by atoms with Crippen molar-refractivity contribution in [3.63, 3.8) is 0 Å². The van der Waals surface area contributed by atoms with E-state index in [2.05, 4.69) is 26.8 Å². The molecule has 0 aromatic heterocycles. The maximum atomic E-state index is 6.51. The fourth-order valence-electron chi connectivity index (χ4n) is 2.48. The van der Waals surface area contributed by atoms with Crippen molar-refractivity contribution >= 4 is 23.2 Å². The van der Waals surface area contributed by atoms with Crippen molar-refractivity contribution in [1.29, 1.82) is 0 Å². The Kier molecular flexibility index (Phi) is 8.64. The summed E-state index contributed by atoms with van der Waals surface area (Å²) in [5.74, 6) is 0. The molecule has 114 valence electrons. The number of aryl methyl sites for hydroxylation is 2. The Morgan fingerprint density at radius 1 is 0.900 bits per heavy atom. The lowest BCUT2D eigenvalue weighted by Crippen LogP contribution is -1.95. The molecule has 1 rings (SSSR count). The van der Waals surface area contributed by atoms with E-state index in [1.807, 2.05) is 6.07 Å². The number of benzene rings is 1. The van der Waals surface area contributed by atoms with E-state index in [1.165, 1.54) is 56.1 Å². The van der Waals surface area contributed by atoms with Crippen LogP contribution in [-0.4, -0.2) is 0 Å². The van der Waals surface area contributed by atoms with E-state index in [4.69, 9.17) is 23.2 Å². The van der Waals surface area contributed by atoms with E-state index in [0.29, 0.717) is 0 Å². The second-order valence-electron chi connectivity index (χ2n) is 5.84. The van der Waals surface area contributed by atoms with Gasteiger partial charge in [-0.05, 0) is 43.0 Å². The molecule has 1 aromatic carbocycles. The molecule has 0 bridgehead atoms. The van der Waals surface area contributed by atoms with Gasteiger partial charge in [-0.15, -0.1) is 11.6 Å². The molecule has 0 heterocycles. The Bertz CT molecular complexity index is 399. The fourth-order valence-corrected chi connectivity index (χ4v) is 3.22. The van der Waals surface area contributed by atoms with Gasteiger partial charge in [-0.2, -0.15) is 0 Å². The van der Waals surface area contributed by atoms with Crippen LogP contribution in [0.3, 0.4) is 0 Å². The van der Waals surface area contributed by atoms with E-state index >= 15 is 0 Å². The van der Waals surface area contributed by atoms with Crippen molar-refractivity contribution in [3.05, 3.63) is 33.8 Å². The zero-order valence-electron chi connectivity index (χ0n) is 13.1. The quantitative estimate of drug-likeness (QED) is 0.329. The van der Waals surface area contributed by atoms with Crippen molar-refractivity contribution in [1.82, 2.24) is 0 Å². The third-order valence-electron chi connectivity index (χ3n) is 4.01. The van der Waals surface area contributed by atoms with Gasteiger partial charge in [-0.3, -0.25) is 0 Å². The van der Waals surface area contributed by atoms with Gasteiger partial charge in [-0.25, -0.2) is 0 Å². The summed E-state index contributed by atoms with van der Waals surface area (Å²) in [6.07, 6.45) is 10.3. The van der Waals surface area contributed by atoms with Gasteiger partial charge in [0, 0.05) is 5.02 Å². The van der Waals surface area contributed by atoms with E-state index in [9.17, 15) is 0 Å². The molecular weight excluding hydrogens is 287 g/mol. The monoisotopic (exact) mass is 314 g/mol. The third-order valence-corrected chi connectivity index (χ3v) is 4.79. The second-order valence-corrected chi connectivity index (χ2v) is 6.77. The predicted molar refractivity (Wildman–Crippen MR) is 92.1 cm³/mol. The molecule has 20 heavy (non-hydrogen) atoms. The van der Waals surface area contributed by atoms with E-state index in [0.717, 1.165) is 17.0 Å². The molecule has 0 amide bonds. The Morgan fingerprint density at radius 3 is 2.10 bits per heavy atom. The van der Waals surface area contributed by atoms with Gasteiger partial charge in [0.2, 0.25) is 0 Å². The van der Waals surface area contributed by atoms with E-state index in [-0.39, 0.29) is 5.38 Å². The van der Waals surface area contributed by atoms with Crippen molar-refractivity contribution in [2.45, 2.75) is 77.5 Å². The first-order valence-electron chi connectivity index (χ1n) is 7.97. The van der Waals surface area contributed by atoms with Crippen LogP contribution in [0.1, 0.15) is 80.4 Å². The Morgan fingerprint density at radius 2 is 1.45 bits per heavy atom. The lowest BCUT2D eigenvalue weighted by atomic mass is 10.00. The summed E-state index contributed by atoms with van der Waals surface area (Å²) < 4.78 is 0. The van der Waals surface area contributed by atoms with Crippen LogP contribution in [0, 0.1) is 13.8 Å². The summed E-state index contributed by atoms with van der Waals surface area (Å²) >= 11 is 12.8. The smallest absolute Gasteiger partial charge is 0.0600 e. The molecule has 1 atom stereocenters. The molecule has 0 radical (unpaired) electrons. The second kappa shape index (κ2) is 9.68. The van der Waals surface area contributed by atoms with Crippen LogP contribution in [0.15, 0.2) is 12.1 Å². The van der Waals surface area contributed by atoms with Crippen molar-refractivity contribution in [2.24, 2.45) is 0 Å². The number of rotatable bonds is 9. The maximum Gasteiger partial charge on any atom is 0.0600 e. The highest BCUT2D eigenvalue weighted by atomic mass is 35.5. The minimum Gasteiger partial charge on any atom is -0.118 e. The van der Waals surface area contributed by atoms with E-state index in [1.54, 1.807) is 0 Å². The summed E-state index contributed by atoms with van der Waals surface area (Å²) in [6.45, 7) is 6.46. The Hall–Kier alpha value is -0.200. The molecule has 0 spiro atoms. The van der Waals surface area contributed by atoms with E-state index < -0.39 is 0 Å². The highest BCUT2D eigenvalue weighted by Crippen LogP contribution is 2.33. The molecule has 1 unspecified atom stereocenters. The molecule has 0 aliphatic rings. The first-order chi connectivity index (χ1) is 9.56. The van der Waals surface area contributed by atoms with Gasteiger partial charge in [-0.1, -0.05) is 69.5 Å². The SMILES string of the molecule is CCCCCCCCCC(Cl)c1cc(C)c(C)cc1Cl. The normalized spacial score (nSPS) is 12.7. The molecule has 0 aliphatic carbocycles. The van der Waals surface area contributed by atoms with Gasteiger partial charge in [0.15, 0.2) is 0 Å². The molecule has 0 saturated carbocycles. The molecule has 0 fully saturated rings. The van der Waals surface area contributed by atoms with Gasteiger partial charge in [0.1, 0.15) is 0 Å². The zero-order chi connectivity index (χ0) is 15.0. The summed E-state index contributed by atoms with van der Waals surface area (Å²) in [4.78, 5) is 0. The average Bonchev–Trinajstić information content (AvgIpc) is 2.41. The number of halogens is 2. The van der Waals surface area contributed by atoms with Crippen LogP contribution in [-0.2, 0) is 0 Å². The summed E-state index contributed by atoms with van der Waals surface area (Å²) in [6, 6.07) is 4.18. The highest BCUT2D eigenvalue weighted by molar-refractivity contribution is 6.32. The number of hydrogen-bond acceptors (Lipinski definition) is 0. The van der Waals surface area contributed by atoms with Crippen LogP contribution >= 0.6 is 23.2 Å².